The lowest BCUT2D eigenvalue weighted by molar-refractivity contribution is -0.111. The Kier molecular flexibility index (Phi) is 4.95. The summed E-state index contributed by atoms with van der Waals surface area (Å²) in [4.78, 5) is 15.8. The number of anilines is 1. The van der Waals surface area contributed by atoms with E-state index >= 15 is 0 Å². The summed E-state index contributed by atoms with van der Waals surface area (Å²) in [5.74, 6) is 0.896. The molecule has 1 aromatic heterocycles. The Morgan fingerprint density at radius 1 is 1.33 bits per heavy atom. The van der Waals surface area contributed by atoms with E-state index in [9.17, 15) is 4.79 Å². The van der Waals surface area contributed by atoms with Gasteiger partial charge in [0, 0.05) is 17.8 Å². The average molecular weight is 303 g/mol. The number of benzene rings is 1. The Morgan fingerprint density at radius 2 is 2.14 bits per heavy atom. The quantitative estimate of drug-likeness (QED) is 0.876. The molecular formula is C16H15ClN2O2. The summed E-state index contributed by atoms with van der Waals surface area (Å²) in [6.07, 6.45) is 4.62. The minimum absolute atomic E-state index is 0.270. The number of methoxy groups -OCH3 is 1. The van der Waals surface area contributed by atoms with Crippen LogP contribution in [0.2, 0.25) is 5.02 Å². The van der Waals surface area contributed by atoms with Crippen molar-refractivity contribution in [2.75, 3.05) is 12.4 Å². The number of carbonyl (C=O) groups excluding carboxylic acids is 1. The van der Waals surface area contributed by atoms with Gasteiger partial charge < -0.3 is 10.1 Å². The van der Waals surface area contributed by atoms with Crippen molar-refractivity contribution in [2.45, 2.75) is 6.92 Å². The molecule has 1 N–H and O–H groups in total. The van der Waals surface area contributed by atoms with E-state index in [0.717, 1.165) is 11.1 Å². The number of aryl methyl sites for hydroxylation is 1. The Labute approximate surface area is 128 Å². The SMILES string of the molecule is COc1ccc(C)cc1/C=C/C(=O)Nc1ccc(Cl)cn1. The van der Waals surface area contributed by atoms with Crippen LogP contribution in [0.5, 0.6) is 5.75 Å². The minimum atomic E-state index is -0.270. The molecule has 21 heavy (non-hydrogen) atoms. The average Bonchev–Trinajstić information content (AvgIpc) is 2.48. The highest BCUT2D eigenvalue weighted by Crippen LogP contribution is 2.21. The van der Waals surface area contributed by atoms with Crippen molar-refractivity contribution in [3.8, 4) is 5.75 Å². The fraction of sp³-hybridized carbons (Fsp3) is 0.125. The van der Waals surface area contributed by atoms with Crippen LogP contribution >= 0.6 is 11.6 Å². The number of amides is 1. The molecule has 0 aliphatic rings. The molecule has 0 radical (unpaired) electrons. The van der Waals surface area contributed by atoms with E-state index in [-0.39, 0.29) is 5.91 Å². The Balaban J connectivity index is 2.08. The smallest absolute Gasteiger partial charge is 0.249 e. The molecule has 1 aromatic carbocycles. The fourth-order valence-electron chi connectivity index (χ4n) is 1.77. The number of rotatable bonds is 4. The van der Waals surface area contributed by atoms with Gasteiger partial charge in [0.2, 0.25) is 5.91 Å². The highest BCUT2D eigenvalue weighted by molar-refractivity contribution is 6.30. The standard InChI is InChI=1S/C16H15ClN2O2/c1-11-3-6-14(21-2)12(9-11)4-8-16(20)19-15-7-5-13(17)10-18-15/h3-10H,1-2H3,(H,18,19,20)/b8-4+. The van der Waals surface area contributed by atoms with Crippen molar-refractivity contribution in [1.29, 1.82) is 0 Å². The number of nitrogens with one attached hydrogen (secondary N) is 1. The topological polar surface area (TPSA) is 51.2 Å². The second-order valence-electron chi connectivity index (χ2n) is 4.43. The lowest BCUT2D eigenvalue weighted by Gasteiger charge is -2.05. The van der Waals surface area contributed by atoms with Crippen molar-refractivity contribution < 1.29 is 9.53 Å². The second-order valence-corrected chi connectivity index (χ2v) is 4.87. The number of hydrogen-bond donors (Lipinski definition) is 1. The van der Waals surface area contributed by atoms with E-state index in [4.69, 9.17) is 16.3 Å². The van der Waals surface area contributed by atoms with Crippen LogP contribution in [-0.2, 0) is 4.79 Å². The zero-order valence-corrected chi connectivity index (χ0v) is 12.5. The van der Waals surface area contributed by atoms with Crippen LogP contribution in [0.4, 0.5) is 5.82 Å². The summed E-state index contributed by atoms with van der Waals surface area (Å²) >= 11 is 5.73. The largest absolute Gasteiger partial charge is 0.496 e. The van der Waals surface area contributed by atoms with E-state index in [1.54, 1.807) is 25.3 Å². The third-order valence-electron chi connectivity index (χ3n) is 2.78. The van der Waals surface area contributed by atoms with Crippen LogP contribution in [0, 0.1) is 6.92 Å². The first-order chi connectivity index (χ1) is 10.1. The van der Waals surface area contributed by atoms with Gasteiger partial charge >= 0.3 is 0 Å². The first-order valence-electron chi connectivity index (χ1n) is 6.34. The maximum atomic E-state index is 11.8. The maximum Gasteiger partial charge on any atom is 0.249 e. The summed E-state index contributed by atoms with van der Waals surface area (Å²) in [6.45, 7) is 1.98. The molecule has 1 heterocycles. The summed E-state index contributed by atoms with van der Waals surface area (Å²) in [7, 11) is 1.60. The van der Waals surface area contributed by atoms with Gasteiger partial charge in [-0.3, -0.25) is 4.79 Å². The van der Waals surface area contributed by atoms with Gasteiger partial charge in [0.05, 0.1) is 12.1 Å². The highest BCUT2D eigenvalue weighted by Gasteiger charge is 2.02. The normalized spacial score (nSPS) is 10.6. The van der Waals surface area contributed by atoms with Crippen LogP contribution in [0.1, 0.15) is 11.1 Å². The van der Waals surface area contributed by atoms with E-state index in [2.05, 4.69) is 10.3 Å². The fourth-order valence-corrected chi connectivity index (χ4v) is 1.88. The lowest BCUT2D eigenvalue weighted by atomic mass is 10.1. The van der Waals surface area contributed by atoms with Crippen molar-refractivity contribution >= 4 is 29.4 Å². The van der Waals surface area contributed by atoms with Crippen LogP contribution < -0.4 is 10.1 Å². The molecule has 0 saturated carbocycles. The molecule has 5 heteroatoms. The first kappa shape index (κ1) is 15.1. The van der Waals surface area contributed by atoms with Gasteiger partial charge in [-0.05, 0) is 37.3 Å². The zero-order chi connectivity index (χ0) is 15.2. The molecule has 2 rings (SSSR count). The van der Waals surface area contributed by atoms with E-state index in [0.29, 0.717) is 16.6 Å². The predicted octanol–water partition coefficient (Wildman–Crippen LogP) is 3.70. The third-order valence-corrected chi connectivity index (χ3v) is 3.00. The maximum absolute atomic E-state index is 11.8. The highest BCUT2D eigenvalue weighted by atomic mass is 35.5. The van der Waals surface area contributed by atoms with Gasteiger partial charge in [-0.1, -0.05) is 23.2 Å². The molecule has 0 unspecified atom stereocenters. The molecule has 0 fully saturated rings. The third kappa shape index (κ3) is 4.33. The van der Waals surface area contributed by atoms with Crippen molar-refractivity contribution in [2.24, 2.45) is 0 Å². The van der Waals surface area contributed by atoms with Crippen LogP contribution in [0.15, 0.2) is 42.6 Å². The molecule has 0 spiro atoms. The first-order valence-corrected chi connectivity index (χ1v) is 6.71. The number of carbonyl (C=O) groups is 1. The lowest BCUT2D eigenvalue weighted by Crippen LogP contribution is -2.08. The molecule has 4 nitrogen and oxygen atoms in total. The van der Waals surface area contributed by atoms with Crippen molar-refractivity contribution in [3.05, 3.63) is 58.8 Å². The second kappa shape index (κ2) is 6.90. The minimum Gasteiger partial charge on any atom is -0.496 e. The molecule has 108 valence electrons. The summed E-state index contributed by atoms with van der Waals surface area (Å²) < 4.78 is 5.25. The molecule has 0 saturated heterocycles. The predicted molar refractivity (Wildman–Crippen MR) is 84.6 cm³/mol. The number of halogens is 1. The molecule has 0 atom stereocenters. The van der Waals surface area contributed by atoms with E-state index < -0.39 is 0 Å². The number of hydrogen-bond acceptors (Lipinski definition) is 3. The van der Waals surface area contributed by atoms with Crippen LogP contribution in [0.3, 0.4) is 0 Å². The molecule has 0 aliphatic carbocycles. The van der Waals surface area contributed by atoms with Gasteiger partial charge in [0.25, 0.3) is 0 Å². The molecular weight excluding hydrogens is 288 g/mol. The number of nitrogens with zero attached hydrogens (tertiary/aromatic N) is 1. The number of pyridine rings is 1. The Bertz CT molecular complexity index is 666. The van der Waals surface area contributed by atoms with Gasteiger partial charge in [-0.15, -0.1) is 0 Å². The monoisotopic (exact) mass is 302 g/mol. The van der Waals surface area contributed by atoms with Gasteiger partial charge in [0.15, 0.2) is 0 Å². The van der Waals surface area contributed by atoms with E-state index in [1.807, 2.05) is 25.1 Å². The zero-order valence-electron chi connectivity index (χ0n) is 11.8. The van der Waals surface area contributed by atoms with Gasteiger partial charge in [-0.2, -0.15) is 0 Å². The van der Waals surface area contributed by atoms with Crippen molar-refractivity contribution in [1.82, 2.24) is 4.98 Å². The number of ether oxygens (including phenoxy) is 1. The Morgan fingerprint density at radius 3 is 2.81 bits per heavy atom. The summed E-state index contributed by atoms with van der Waals surface area (Å²) in [5.41, 5.74) is 1.94. The Hall–Kier alpha value is -2.33. The summed E-state index contributed by atoms with van der Waals surface area (Å²) in [6, 6.07) is 9.07. The molecule has 0 aliphatic heterocycles. The van der Waals surface area contributed by atoms with Gasteiger partial charge in [-0.25, -0.2) is 4.98 Å². The molecule has 0 bridgehead atoms. The van der Waals surface area contributed by atoms with Crippen molar-refractivity contribution in [3.63, 3.8) is 0 Å². The number of aromatic nitrogens is 1. The molecule has 2 aromatic rings. The van der Waals surface area contributed by atoms with Gasteiger partial charge in [0.1, 0.15) is 11.6 Å². The van der Waals surface area contributed by atoms with Crippen LogP contribution in [0.25, 0.3) is 6.08 Å². The summed E-state index contributed by atoms with van der Waals surface area (Å²) in [5, 5.41) is 3.18. The van der Waals surface area contributed by atoms with E-state index in [1.165, 1.54) is 12.3 Å². The molecule has 1 amide bonds. The van der Waals surface area contributed by atoms with Crippen LogP contribution in [-0.4, -0.2) is 18.0 Å².